The Morgan fingerprint density at radius 1 is 1.40 bits per heavy atom. The number of methoxy groups -OCH3 is 1. The molecule has 2 amide bonds. The minimum absolute atomic E-state index is 0.0185. The van der Waals surface area contributed by atoms with Gasteiger partial charge in [-0.15, -0.1) is 0 Å². The first-order valence-electron chi connectivity index (χ1n) is 9.13. The molecule has 2 saturated heterocycles. The average molecular weight is 347 g/mol. The zero-order valence-corrected chi connectivity index (χ0v) is 14.7. The van der Waals surface area contributed by atoms with Crippen LogP contribution in [0.4, 0.5) is 0 Å². The first-order valence-corrected chi connectivity index (χ1v) is 9.13. The number of carbonyl (C=O) groups is 2. The molecule has 7 nitrogen and oxygen atoms in total. The van der Waals surface area contributed by atoms with Crippen LogP contribution in [-0.4, -0.2) is 66.7 Å². The van der Waals surface area contributed by atoms with Crippen LogP contribution in [-0.2, 0) is 9.53 Å². The Hall–Kier alpha value is -1.89. The zero-order valence-electron chi connectivity index (χ0n) is 14.7. The summed E-state index contributed by atoms with van der Waals surface area (Å²) in [7, 11) is 1.65. The number of carbonyl (C=O) groups excluding carboxylic acids is 2. The molecule has 7 heteroatoms. The van der Waals surface area contributed by atoms with Crippen molar-refractivity contribution in [3.05, 3.63) is 17.5 Å². The van der Waals surface area contributed by atoms with Gasteiger partial charge in [-0.3, -0.25) is 9.59 Å². The van der Waals surface area contributed by atoms with E-state index in [1.807, 2.05) is 9.80 Å². The van der Waals surface area contributed by atoms with Gasteiger partial charge in [0.2, 0.25) is 5.91 Å². The third-order valence-corrected chi connectivity index (χ3v) is 5.81. The second-order valence-electron chi connectivity index (χ2n) is 7.67. The highest BCUT2D eigenvalue weighted by Crippen LogP contribution is 2.42. The summed E-state index contributed by atoms with van der Waals surface area (Å²) in [6.45, 7) is 3.36. The molecule has 1 spiro atoms. The van der Waals surface area contributed by atoms with E-state index in [1.165, 1.54) is 0 Å². The summed E-state index contributed by atoms with van der Waals surface area (Å²) in [5, 5.41) is 3.96. The number of amides is 2. The van der Waals surface area contributed by atoms with Crippen LogP contribution in [0.15, 0.2) is 10.6 Å². The molecule has 0 N–H and O–H groups in total. The molecule has 1 aliphatic carbocycles. The van der Waals surface area contributed by atoms with Crippen molar-refractivity contribution in [3.63, 3.8) is 0 Å². The van der Waals surface area contributed by atoms with E-state index in [0.717, 1.165) is 38.0 Å². The van der Waals surface area contributed by atoms with Crippen LogP contribution in [0.1, 0.15) is 54.3 Å². The van der Waals surface area contributed by atoms with E-state index in [2.05, 4.69) is 5.16 Å². The van der Waals surface area contributed by atoms with Crippen LogP contribution in [0.5, 0.6) is 0 Å². The van der Waals surface area contributed by atoms with Crippen LogP contribution >= 0.6 is 0 Å². The quantitative estimate of drug-likeness (QED) is 0.809. The Bertz CT molecular complexity index is 659. The predicted molar refractivity (Wildman–Crippen MR) is 89.1 cm³/mol. The molecule has 2 aliphatic heterocycles. The van der Waals surface area contributed by atoms with Crippen LogP contribution in [0, 0.1) is 5.41 Å². The fourth-order valence-electron chi connectivity index (χ4n) is 4.02. The fraction of sp³-hybridized carbons (Fsp3) is 0.722. The Balaban J connectivity index is 1.34. The molecule has 3 aliphatic rings. The maximum atomic E-state index is 12.6. The highest BCUT2D eigenvalue weighted by atomic mass is 16.5. The zero-order chi connectivity index (χ0) is 17.4. The topological polar surface area (TPSA) is 75.9 Å². The highest BCUT2D eigenvalue weighted by molar-refractivity contribution is 5.92. The molecular formula is C18H25N3O4. The predicted octanol–water partition coefficient (Wildman–Crippen LogP) is 1.65. The monoisotopic (exact) mass is 347 g/mol. The van der Waals surface area contributed by atoms with E-state index in [0.29, 0.717) is 44.3 Å². The third-order valence-electron chi connectivity index (χ3n) is 5.81. The molecule has 4 rings (SSSR count). The summed E-state index contributed by atoms with van der Waals surface area (Å²) in [5.74, 6) is 1.46. The molecule has 0 bridgehead atoms. The number of hydrogen-bond acceptors (Lipinski definition) is 5. The third kappa shape index (κ3) is 3.29. The summed E-state index contributed by atoms with van der Waals surface area (Å²) in [6, 6.07) is 1.80. The van der Waals surface area contributed by atoms with Gasteiger partial charge in [-0.25, -0.2) is 0 Å². The standard InChI is InChI=1S/C18H25N3O4/c1-24-9-8-21-12-18(11-16(21)22)4-6-20(7-5-18)17(23)14-10-15(25-19-14)13-2-3-13/h10,13H,2-9,11-12H2,1H3. The van der Waals surface area contributed by atoms with E-state index in [1.54, 1.807) is 13.2 Å². The molecule has 25 heavy (non-hydrogen) atoms. The van der Waals surface area contributed by atoms with E-state index >= 15 is 0 Å². The van der Waals surface area contributed by atoms with E-state index in [-0.39, 0.29) is 17.2 Å². The Labute approximate surface area is 147 Å². The van der Waals surface area contributed by atoms with Crippen LogP contribution in [0.2, 0.25) is 0 Å². The van der Waals surface area contributed by atoms with Gasteiger partial charge in [0.15, 0.2) is 5.69 Å². The van der Waals surface area contributed by atoms with Gasteiger partial charge in [0.05, 0.1) is 6.61 Å². The number of nitrogens with zero attached hydrogens (tertiary/aromatic N) is 3. The van der Waals surface area contributed by atoms with Crippen molar-refractivity contribution in [1.29, 1.82) is 0 Å². The van der Waals surface area contributed by atoms with Gasteiger partial charge in [-0.05, 0) is 25.7 Å². The average Bonchev–Trinajstić information content (AvgIpc) is 3.27. The molecule has 136 valence electrons. The molecular weight excluding hydrogens is 322 g/mol. The van der Waals surface area contributed by atoms with Crippen LogP contribution in [0.25, 0.3) is 0 Å². The number of likely N-dealkylation sites (tertiary alicyclic amines) is 2. The SMILES string of the molecule is COCCN1CC2(CCN(C(=O)c3cc(C4CC4)on3)CC2)CC1=O. The highest BCUT2D eigenvalue weighted by Gasteiger charge is 2.45. The molecule has 1 aromatic heterocycles. The smallest absolute Gasteiger partial charge is 0.276 e. The minimum atomic E-state index is -0.0499. The number of rotatable bonds is 5. The van der Waals surface area contributed by atoms with Gasteiger partial charge in [-0.2, -0.15) is 0 Å². The van der Waals surface area contributed by atoms with Gasteiger partial charge in [-0.1, -0.05) is 5.16 Å². The molecule has 0 unspecified atom stereocenters. The van der Waals surface area contributed by atoms with Gasteiger partial charge < -0.3 is 19.1 Å². The molecule has 0 atom stereocenters. The van der Waals surface area contributed by atoms with Crippen molar-refractivity contribution >= 4 is 11.8 Å². The normalized spacial score (nSPS) is 22.8. The van der Waals surface area contributed by atoms with Crippen molar-refractivity contribution in [1.82, 2.24) is 15.0 Å². The van der Waals surface area contributed by atoms with Crippen molar-refractivity contribution in [2.45, 2.75) is 38.0 Å². The lowest BCUT2D eigenvalue weighted by molar-refractivity contribution is -0.128. The Morgan fingerprint density at radius 3 is 2.84 bits per heavy atom. The lowest BCUT2D eigenvalue weighted by atomic mass is 9.77. The lowest BCUT2D eigenvalue weighted by Gasteiger charge is -2.38. The second kappa shape index (κ2) is 6.44. The molecule has 3 fully saturated rings. The maximum Gasteiger partial charge on any atom is 0.276 e. The molecule has 0 aromatic carbocycles. The summed E-state index contributed by atoms with van der Waals surface area (Å²) in [6.07, 6.45) is 4.57. The fourth-order valence-corrected chi connectivity index (χ4v) is 4.02. The van der Waals surface area contributed by atoms with Gasteiger partial charge in [0, 0.05) is 57.1 Å². The Morgan fingerprint density at radius 2 is 2.16 bits per heavy atom. The van der Waals surface area contributed by atoms with E-state index < -0.39 is 0 Å². The van der Waals surface area contributed by atoms with Crippen molar-refractivity contribution in [2.75, 3.05) is 39.9 Å². The summed E-state index contributed by atoms with van der Waals surface area (Å²) in [5.41, 5.74) is 0.437. The van der Waals surface area contributed by atoms with Gasteiger partial charge in [0.25, 0.3) is 5.91 Å². The van der Waals surface area contributed by atoms with Crippen molar-refractivity contribution in [3.8, 4) is 0 Å². The summed E-state index contributed by atoms with van der Waals surface area (Å²) in [4.78, 5) is 28.6. The molecule has 0 radical (unpaired) electrons. The van der Waals surface area contributed by atoms with Crippen molar-refractivity contribution in [2.24, 2.45) is 5.41 Å². The maximum absolute atomic E-state index is 12.6. The van der Waals surface area contributed by atoms with Gasteiger partial charge >= 0.3 is 0 Å². The van der Waals surface area contributed by atoms with Gasteiger partial charge in [0.1, 0.15) is 5.76 Å². The summed E-state index contributed by atoms with van der Waals surface area (Å²) < 4.78 is 10.4. The van der Waals surface area contributed by atoms with Crippen LogP contribution < -0.4 is 0 Å². The molecule has 3 heterocycles. The Kier molecular flexibility index (Phi) is 4.27. The largest absolute Gasteiger partial charge is 0.383 e. The second-order valence-corrected chi connectivity index (χ2v) is 7.67. The molecule has 1 aromatic rings. The number of aromatic nitrogens is 1. The first kappa shape index (κ1) is 16.6. The van der Waals surface area contributed by atoms with Crippen LogP contribution in [0.3, 0.4) is 0 Å². The lowest BCUT2D eigenvalue weighted by Crippen LogP contribution is -2.44. The number of piperidine rings is 1. The van der Waals surface area contributed by atoms with E-state index in [9.17, 15) is 9.59 Å². The van der Waals surface area contributed by atoms with Crippen molar-refractivity contribution < 1.29 is 18.8 Å². The number of ether oxygens (including phenoxy) is 1. The van der Waals surface area contributed by atoms with E-state index in [4.69, 9.17) is 9.26 Å². The summed E-state index contributed by atoms with van der Waals surface area (Å²) >= 11 is 0. The number of hydrogen-bond donors (Lipinski definition) is 0. The molecule has 1 saturated carbocycles. The minimum Gasteiger partial charge on any atom is -0.383 e. The first-order chi connectivity index (χ1) is 12.1.